The van der Waals surface area contributed by atoms with Gasteiger partial charge in [0, 0.05) is 11.1 Å². The van der Waals surface area contributed by atoms with Crippen molar-refractivity contribution in [1.29, 1.82) is 0 Å². The quantitative estimate of drug-likeness (QED) is 0.496. The Morgan fingerprint density at radius 1 is 0.567 bits per heavy atom. The molecule has 30 heavy (non-hydrogen) atoms. The van der Waals surface area contributed by atoms with Gasteiger partial charge >= 0.3 is 11.9 Å². The molecule has 2 amide bonds. The monoisotopic (exact) mass is 404 g/mol. The molecule has 0 aromatic heterocycles. The first-order valence-electron chi connectivity index (χ1n) is 8.74. The Hall–Kier alpha value is -4.46. The van der Waals surface area contributed by atoms with Crippen LogP contribution in [0.1, 0.15) is 41.4 Å². The average Bonchev–Trinajstić information content (AvgIpc) is 2.75. The second-order valence-corrected chi connectivity index (χ2v) is 6.19. The summed E-state index contributed by atoms with van der Waals surface area (Å²) in [5, 5.41) is 23.9. The second-order valence-electron chi connectivity index (χ2n) is 6.19. The lowest BCUT2D eigenvalue weighted by Crippen LogP contribution is -2.19. The maximum atomic E-state index is 12.4. The van der Waals surface area contributed by atoms with Crippen LogP contribution in [0.3, 0.4) is 0 Å². The predicted octanol–water partition coefficient (Wildman–Crippen LogP) is 3.59. The normalized spacial score (nSPS) is 10.1. The summed E-state index contributed by atoms with van der Waals surface area (Å²) in [6, 6.07) is 18.1. The first kappa shape index (κ1) is 20.3. The topological polar surface area (TPSA) is 133 Å². The molecule has 150 valence electrons. The summed E-state index contributed by atoms with van der Waals surface area (Å²) in [6.45, 7) is 0. The maximum absolute atomic E-state index is 12.4. The van der Waals surface area contributed by atoms with Crippen LogP contribution in [0, 0.1) is 0 Å². The van der Waals surface area contributed by atoms with Crippen molar-refractivity contribution in [3.63, 3.8) is 0 Å². The van der Waals surface area contributed by atoms with Gasteiger partial charge in [-0.05, 0) is 36.4 Å². The number of anilines is 2. The summed E-state index contributed by atoms with van der Waals surface area (Å²) < 4.78 is 0. The first-order chi connectivity index (χ1) is 14.4. The van der Waals surface area contributed by atoms with Crippen molar-refractivity contribution < 1.29 is 29.4 Å². The van der Waals surface area contributed by atoms with Gasteiger partial charge < -0.3 is 20.8 Å². The van der Waals surface area contributed by atoms with Gasteiger partial charge in [-0.25, -0.2) is 9.59 Å². The summed E-state index contributed by atoms with van der Waals surface area (Å²) >= 11 is 0. The maximum Gasteiger partial charge on any atom is 0.337 e. The number of benzene rings is 3. The molecule has 0 unspecified atom stereocenters. The number of rotatable bonds is 6. The third-order valence-corrected chi connectivity index (χ3v) is 4.19. The van der Waals surface area contributed by atoms with Gasteiger partial charge in [-0.15, -0.1) is 0 Å². The lowest BCUT2D eigenvalue weighted by molar-refractivity contribution is 0.0682. The van der Waals surface area contributed by atoms with E-state index in [1.807, 2.05) is 0 Å². The Morgan fingerprint density at radius 3 is 1.20 bits per heavy atom. The highest BCUT2D eigenvalue weighted by Gasteiger charge is 2.22. The van der Waals surface area contributed by atoms with E-state index in [1.54, 1.807) is 36.4 Å². The van der Waals surface area contributed by atoms with Gasteiger partial charge in [-0.3, -0.25) is 9.59 Å². The zero-order chi connectivity index (χ0) is 21.7. The van der Waals surface area contributed by atoms with E-state index in [0.717, 1.165) is 12.1 Å². The van der Waals surface area contributed by atoms with Gasteiger partial charge in [0.15, 0.2) is 0 Å². The van der Waals surface area contributed by atoms with Crippen molar-refractivity contribution in [1.82, 2.24) is 0 Å². The van der Waals surface area contributed by atoms with Crippen molar-refractivity contribution >= 4 is 35.1 Å². The molecule has 0 bridgehead atoms. The zero-order valence-corrected chi connectivity index (χ0v) is 15.5. The number of nitrogens with one attached hydrogen (secondary N) is 2. The third-order valence-electron chi connectivity index (χ3n) is 4.19. The molecule has 8 heteroatoms. The number of hydrogen-bond donors (Lipinski definition) is 4. The smallest absolute Gasteiger partial charge is 0.337 e. The van der Waals surface area contributed by atoms with Crippen LogP contribution < -0.4 is 10.6 Å². The molecule has 0 saturated carbocycles. The molecular weight excluding hydrogens is 388 g/mol. The van der Waals surface area contributed by atoms with Gasteiger partial charge in [0.25, 0.3) is 11.8 Å². The molecule has 0 heterocycles. The Bertz CT molecular complexity index is 1040. The highest BCUT2D eigenvalue weighted by atomic mass is 16.4. The van der Waals surface area contributed by atoms with E-state index in [-0.39, 0.29) is 33.6 Å². The SMILES string of the molecule is O=C(Nc1cc(C(=O)O)c(NC(=O)c2ccccc2)cc1C(=O)O)c1ccccc1. The Morgan fingerprint density at radius 2 is 0.900 bits per heavy atom. The van der Waals surface area contributed by atoms with Crippen LogP contribution in [0.4, 0.5) is 11.4 Å². The van der Waals surface area contributed by atoms with Crippen LogP contribution in [-0.4, -0.2) is 34.0 Å². The molecule has 8 nitrogen and oxygen atoms in total. The van der Waals surface area contributed by atoms with Crippen LogP contribution in [0.5, 0.6) is 0 Å². The Kier molecular flexibility index (Phi) is 5.88. The summed E-state index contributed by atoms with van der Waals surface area (Å²) in [7, 11) is 0. The van der Waals surface area contributed by atoms with Crippen LogP contribution in [0.15, 0.2) is 72.8 Å². The van der Waals surface area contributed by atoms with E-state index < -0.39 is 23.8 Å². The van der Waals surface area contributed by atoms with E-state index in [9.17, 15) is 29.4 Å². The minimum atomic E-state index is -1.40. The zero-order valence-electron chi connectivity index (χ0n) is 15.5. The molecule has 3 rings (SSSR count). The van der Waals surface area contributed by atoms with Gasteiger partial charge in [-0.2, -0.15) is 0 Å². The fourth-order valence-corrected chi connectivity index (χ4v) is 2.73. The van der Waals surface area contributed by atoms with E-state index in [2.05, 4.69) is 10.6 Å². The van der Waals surface area contributed by atoms with Crippen LogP contribution >= 0.6 is 0 Å². The highest BCUT2D eigenvalue weighted by Crippen LogP contribution is 2.27. The molecule has 0 aliphatic heterocycles. The lowest BCUT2D eigenvalue weighted by atomic mass is 10.0. The van der Waals surface area contributed by atoms with Gasteiger partial charge in [0.05, 0.1) is 22.5 Å². The minimum absolute atomic E-state index is 0.202. The van der Waals surface area contributed by atoms with Crippen molar-refractivity contribution in [2.24, 2.45) is 0 Å². The van der Waals surface area contributed by atoms with Crippen molar-refractivity contribution in [3.8, 4) is 0 Å². The van der Waals surface area contributed by atoms with Crippen LogP contribution in [-0.2, 0) is 0 Å². The van der Waals surface area contributed by atoms with Crippen molar-refractivity contribution in [2.75, 3.05) is 10.6 Å². The fourth-order valence-electron chi connectivity index (χ4n) is 2.73. The number of carboxylic acid groups (broad SMARTS) is 2. The van der Waals surface area contributed by atoms with E-state index >= 15 is 0 Å². The Balaban J connectivity index is 2.00. The number of carboxylic acids is 2. The van der Waals surface area contributed by atoms with Crippen LogP contribution in [0.25, 0.3) is 0 Å². The highest BCUT2D eigenvalue weighted by molar-refractivity contribution is 6.12. The van der Waals surface area contributed by atoms with Gasteiger partial charge in [0.2, 0.25) is 0 Å². The third kappa shape index (κ3) is 4.50. The molecular formula is C22H16N2O6. The first-order valence-corrected chi connectivity index (χ1v) is 8.74. The summed E-state index contributed by atoms with van der Waals surface area (Å²) in [5.41, 5.74) is -0.599. The van der Waals surface area contributed by atoms with Crippen LogP contribution in [0.2, 0.25) is 0 Å². The van der Waals surface area contributed by atoms with E-state index in [0.29, 0.717) is 0 Å². The number of carbonyl (C=O) groups excluding carboxylic acids is 2. The summed E-state index contributed by atoms with van der Waals surface area (Å²) in [6.07, 6.45) is 0. The number of carbonyl (C=O) groups is 4. The van der Waals surface area contributed by atoms with Crippen molar-refractivity contribution in [2.45, 2.75) is 0 Å². The molecule has 0 saturated heterocycles. The largest absolute Gasteiger partial charge is 0.478 e. The molecule has 3 aromatic rings. The average molecular weight is 404 g/mol. The molecule has 3 aromatic carbocycles. The summed E-state index contributed by atoms with van der Waals surface area (Å²) in [4.78, 5) is 48.2. The number of aromatic carboxylic acids is 2. The minimum Gasteiger partial charge on any atom is -0.478 e. The summed E-state index contributed by atoms with van der Waals surface area (Å²) in [5.74, 6) is -4.00. The fraction of sp³-hybridized carbons (Fsp3) is 0. The predicted molar refractivity (Wildman–Crippen MR) is 109 cm³/mol. The number of hydrogen-bond acceptors (Lipinski definition) is 4. The molecule has 0 radical (unpaired) electrons. The standard InChI is InChI=1S/C22H16N2O6/c25-19(13-7-3-1-4-8-13)23-17-11-16(22(29)30)18(12-15(17)21(27)28)24-20(26)14-9-5-2-6-10-14/h1-12H,(H,23,25)(H,24,26)(H,27,28)(H,29,30). The van der Waals surface area contributed by atoms with Crippen molar-refractivity contribution in [3.05, 3.63) is 95.1 Å². The number of amides is 2. The molecule has 0 fully saturated rings. The molecule has 4 N–H and O–H groups in total. The van der Waals surface area contributed by atoms with E-state index in [1.165, 1.54) is 24.3 Å². The molecule has 0 atom stereocenters. The molecule has 0 spiro atoms. The van der Waals surface area contributed by atoms with Gasteiger partial charge in [-0.1, -0.05) is 36.4 Å². The molecule has 0 aliphatic carbocycles. The second kappa shape index (κ2) is 8.70. The Labute approximate surface area is 170 Å². The van der Waals surface area contributed by atoms with Gasteiger partial charge in [0.1, 0.15) is 0 Å². The van der Waals surface area contributed by atoms with E-state index in [4.69, 9.17) is 0 Å². The lowest BCUT2D eigenvalue weighted by Gasteiger charge is -2.14. The molecule has 0 aliphatic rings.